The predicted molar refractivity (Wildman–Crippen MR) is 60.9 cm³/mol. The number of carbonyl (C=O) groups excluding carboxylic acids is 2. The number of rotatable bonds is 3. The lowest BCUT2D eigenvalue weighted by molar-refractivity contribution is 0.241. The Kier molecular flexibility index (Phi) is 13.4. The molecule has 0 fully saturated rings. The first-order valence-electron chi connectivity index (χ1n) is 5.09. The van der Waals surface area contributed by atoms with Crippen LogP contribution in [0.4, 0.5) is 9.59 Å². The molecule has 0 aromatic carbocycles. The fourth-order valence-corrected chi connectivity index (χ4v) is 0.633. The van der Waals surface area contributed by atoms with E-state index in [1.165, 1.54) is 0 Å². The SMILES string of the molecule is CCNC(=O)NC.CCNC(=O)NCC. The van der Waals surface area contributed by atoms with Gasteiger partial charge in [0.05, 0.1) is 0 Å². The third-order valence-corrected chi connectivity index (χ3v) is 1.24. The minimum Gasteiger partial charge on any atom is -0.341 e. The molecular weight excluding hydrogens is 196 g/mol. The minimum atomic E-state index is -0.123. The summed E-state index contributed by atoms with van der Waals surface area (Å²) in [6.45, 7) is 7.69. The van der Waals surface area contributed by atoms with Gasteiger partial charge in [0.15, 0.2) is 0 Å². The molecule has 0 unspecified atom stereocenters. The molecule has 0 aliphatic heterocycles. The Labute approximate surface area is 91.2 Å². The molecule has 0 atom stereocenters. The summed E-state index contributed by atoms with van der Waals surface area (Å²) in [6, 6.07) is -0.211. The second-order valence-corrected chi connectivity index (χ2v) is 2.50. The highest BCUT2D eigenvalue weighted by atomic mass is 16.2. The maximum atomic E-state index is 10.4. The number of nitrogens with one attached hydrogen (secondary N) is 4. The van der Waals surface area contributed by atoms with Gasteiger partial charge in [0.1, 0.15) is 0 Å². The van der Waals surface area contributed by atoms with E-state index < -0.39 is 0 Å². The first kappa shape index (κ1) is 16.0. The fraction of sp³-hybridized carbons (Fsp3) is 0.778. The monoisotopic (exact) mass is 218 g/mol. The van der Waals surface area contributed by atoms with Gasteiger partial charge in [0.2, 0.25) is 0 Å². The molecule has 15 heavy (non-hydrogen) atoms. The maximum Gasteiger partial charge on any atom is 0.314 e. The van der Waals surface area contributed by atoms with Crippen LogP contribution in [0.15, 0.2) is 0 Å². The Morgan fingerprint density at radius 3 is 1.33 bits per heavy atom. The van der Waals surface area contributed by atoms with Gasteiger partial charge in [-0.15, -0.1) is 0 Å². The molecular formula is C9H22N4O2. The number of urea groups is 2. The molecule has 6 nitrogen and oxygen atoms in total. The van der Waals surface area contributed by atoms with Crippen molar-refractivity contribution in [1.29, 1.82) is 0 Å². The van der Waals surface area contributed by atoms with Crippen LogP contribution < -0.4 is 21.3 Å². The van der Waals surface area contributed by atoms with Crippen LogP contribution in [0.3, 0.4) is 0 Å². The predicted octanol–water partition coefficient (Wildman–Crippen LogP) is 0.261. The summed E-state index contributed by atoms with van der Waals surface area (Å²) in [5.41, 5.74) is 0. The smallest absolute Gasteiger partial charge is 0.314 e. The van der Waals surface area contributed by atoms with Crippen LogP contribution in [0.5, 0.6) is 0 Å². The average Bonchev–Trinajstić information content (AvgIpc) is 2.20. The van der Waals surface area contributed by atoms with Crippen LogP contribution in [0, 0.1) is 0 Å². The van der Waals surface area contributed by atoms with Crippen LogP contribution >= 0.6 is 0 Å². The van der Waals surface area contributed by atoms with Crippen molar-refractivity contribution in [2.24, 2.45) is 0 Å². The molecule has 0 aromatic heterocycles. The van der Waals surface area contributed by atoms with Crippen LogP contribution in [0.2, 0.25) is 0 Å². The van der Waals surface area contributed by atoms with Gasteiger partial charge >= 0.3 is 12.1 Å². The Bertz CT molecular complexity index is 165. The Balaban J connectivity index is 0. The molecule has 0 rings (SSSR count). The van der Waals surface area contributed by atoms with Gasteiger partial charge in [-0.1, -0.05) is 0 Å². The van der Waals surface area contributed by atoms with Gasteiger partial charge in [-0.05, 0) is 20.8 Å². The van der Waals surface area contributed by atoms with Crippen molar-refractivity contribution in [3.8, 4) is 0 Å². The Morgan fingerprint density at radius 1 is 0.800 bits per heavy atom. The molecule has 0 heterocycles. The molecule has 4 amide bonds. The third-order valence-electron chi connectivity index (χ3n) is 1.24. The Morgan fingerprint density at radius 2 is 1.13 bits per heavy atom. The fourth-order valence-electron chi connectivity index (χ4n) is 0.633. The molecule has 0 aliphatic carbocycles. The zero-order valence-electron chi connectivity index (χ0n) is 9.94. The van der Waals surface area contributed by atoms with Gasteiger partial charge in [-0.2, -0.15) is 0 Å². The molecule has 0 bridgehead atoms. The zero-order valence-corrected chi connectivity index (χ0v) is 9.94. The summed E-state index contributed by atoms with van der Waals surface area (Å²) in [6.07, 6.45) is 0. The molecule has 0 saturated heterocycles. The number of hydrogen-bond donors (Lipinski definition) is 4. The van der Waals surface area contributed by atoms with Crippen molar-refractivity contribution in [1.82, 2.24) is 21.3 Å². The number of carbonyl (C=O) groups is 2. The van der Waals surface area contributed by atoms with Crippen molar-refractivity contribution in [2.45, 2.75) is 20.8 Å². The highest BCUT2D eigenvalue weighted by Gasteiger charge is 1.89. The van der Waals surface area contributed by atoms with Crippen molar-refractivity contribution in [2.75, 3.05) is 26.7 Å². The van der Waals surface area contributed by atoms with E-state index in [1.54, 1.807) is 7.05 Å². The van der Waals surface area contributed by atoms with Crippen LogP contribution in [0.1, 0.15) is 20.8 Å². The van der Waals surface area contributed by atoms with E-state index >= 15 is 0 Å². The van der Waals surface area contributed by atoms with E-state index in [-0.39, 0.29) is 12.1 Å². The first-order valence-corrected chi connectivity index (χ1v) is 5.09. The third kappa shape index (κ3) is 15.3. The van der Waals surface area contributed by atoms with Crippen molar-refractivity contribution < 1.29 is 9.59 Å². The largest absolute Gasteiger partial charge is 0.341 e. The Hall–Kier alpha value is -1.46. The molecule has 0 aromatic rings. The van der Waals surface area contributed by atoms with E-state index in [4.69, 9.17) is 0 Å². The topological polar surface area (TPSA) is 82.3 Å². The quantitative estimate of drug-likeness (QED) is 0.548. The maximum absolute atomic E-state index is 10.4. The van der Waals surface area contributed by atoms with E-state index in [1.807, 2.05) is 20.8 Å². The van der Waals surface area contributed by atoms with Crippen LogP contribution in [-0.2, 0) is 0 Å². The summed E-state index contributed by atoms with van der Waals surface area (Å²) in [7, 11) is 1.59. The molecule has 4 N–H and O–H groups in total. The van der Waals surface area contributed by atoms with Gasteiger partial charge in [0.25, 0.3) is 0 Å². The summed E-state index contributed by atoms with van der Waals surface area (Å²) in [5, 5.41) is 10.2. The minimum absolute atomic E-state index is 0.0880. The summed E-state index contributed by atoms with van der Waals surface area (Å²) in [4.78, 5) is 20.6. The molecule has 0 radical (unpaired) electrons. The van der Waals surface area contributed by atoms with Gasteiger partial charge in [-0.25, -0.2) is 9.59 Å². The number of hydrogen-bond acceptors (Lipinski definition) is 2. The zero-order chi connectivity index (χ0) is 12.1. The second-order valence-electron chi connectivity index (χ2n) is 2.50. The summed E-state index contributed by atoms with van der Waals surface area (Å²) >= 11 is 0. The average molecular weight is 218 g/mol. The van der Waals surface area contributed by atoms with Crippen LogP contribution in [-0.4, -0.2) is 38.7 Å². The summed E-state index contributed by atoms with van der Waals surface area (Å²) < 4.78 is 0. The van der Waals surface area contributed by atoms with Crippen molar-refractivity contribution >= 4 is 12.1 Å². The second kappa shape index (κ2) is 12.5. The lowest BCUT2D eigenvalue weighted by Gasteiger charge is -1.99. The molecule has 6 heteroatoms. The molecule has 0 spiro atoms. The van der Waals surface area contributed by atoms with Crippen molar-refractivity contribution in [3.05, 3.63) is 0 Å². The first-order chi connectivity index (χ1) is 7.12. The molecule has 90 valence electrons. The van der Waals surface area contributed by atoms with Gasteiger partial charge in [0, 0.05) is 26.7 Å². The highest BCUT2D eigenvalue weighted by molar-refractivity contribution is 5.73. The standard InChI is InChI=1S/C5H12N2O.C4H10N2O/c1-3-6-5(8)7-4-2;1-3-6-4(7)5-2/h3-4H2,1-2H3,(H2,6,7,8);3H2,1-2H3,(H2,5,6,7). The summed E-state index contributed by atoms with van der Waals surface area (Å²) in [5.74, 6) is 0. The lowest BCUT2D eigenvalue weighted by atomic mass is 10.7. The molecule has 0 aliphatic rings. The van der Waals surface area contributed by atoms with Gasteiger partial charge in [-0.3, -0.25) is 0 Å². The normalized spacial score (nSPS) is 8.00. The van der Waals surface area contributed by atoms with E-state index in [0.29, 0.717) is 19.6 Å². The van der Waals surface area contributed by atoms with E-state index in [9.17, 15) is 9.59 Å². The van der Waals surface area contributed by atoms with E-state index in [2.05, 4.69) is 21.3 Å². The van der Waals surface area contributed by atoms with Crippen molar-refractivity contribution in [3.63, 3.8) is 0 Å². The number of amides is 4. The van der Waals surface area contributed by atoms with Crippen LogP contribution in [0.25, 0.3) is 0 Å². The lowest BCUT2D eigenvalue weighted by Crippen LogP contribution is -2.34. The molecule has 0 saturated carbocycles. The van der Waals surface area contributed by atoms with Gasteiger partial charge < -0.3 is 21.3 Å². The van der Waals surface area contributed by atoms with E-state index in [0.717, 1.165) is 0 Å². The highest BCUT2D eigenvalue weighted by Crippen LogP contribution is 1.60.